The van der Waals surface area contributed by atoms with E-state index in [1.165, 1.54) is 22.9 Å². The van der Waals surface area contributed by atoms with Gasteiger partial charge in [0, 0.05) is 24.7 Å². The third kappa shape index (κ3) is 1.79. The lowest BCUT2D eigenvalue weighted by molar-refractivity contribution is -0.131. The number of benzene rings is 1. The first-order valence-corrected chi connectivity index (χ1v) is 4.61. The molecule has 1 N–H and O–H groups in total. The molecule has 16 heavy (non-hydrogen) atoms. The molecule has 0 amide bonds. The number of carboxylic acids is 1. The van der Waals surface area contributed by atoms with Crippen LogP contribution in [-0.2, 0) is 11.8 Å². The molecule has 0 fully saturated rings. The first-order chi connectivity index (χ1) is 7.58. The molecule has 0 unspecified atom stereocenters. The predicted octanol–water partition coefficient (Wildman–Crippen LogP) is 1.81. The molecule has 0 radical (unpaired) electrons. The van der Waals surface area contributed by atoms with E-state index in [9.17, 15) is 9.18 Å². The lowest BCUT2D eigenvalue weighted by Crippen LogP contribution is -1.87. The summed E-state index contributed by atoms with van der Waals surface area (Å²) in [6.07, 6.45) is 4.09. The van der Waals surface area contributed by atoms with Crippen LogP contribution in [-0.4, -0.2) is 20.9 Å². The van der Waals surface area contributed by atoms with Crippen molar-refractivity contribution >= 4 is 22.9 Å². The van der Waals surface area contributed by atoms with Gasteiger partial charge in [0.15, 0.2) is 5.82 Å². The van der Waals surface area contributed by atoms with E-state index < -0.39 is 11.8 Å². The summed E-state index contributed by atoms with van der Waals surface area (Å²) in [6.45, 7) is 0. The van der Waals surface area contributed by atoms with Gasteiger partial charge in [-0.2, -0.15) is 5.10 Å². The second-order valence-corrected chi connectivity index (χ2v) is 3.37. The van der Waals surface area contributed by atoms with E-state index in [0.717, 1.165) is 6.08 Å². The maximum atomic E-state index is 13.4. The molecular formula is C11H9FN2O2. The summed E-state index contributed by atoms with van der Waals surface area (Å²) >= 11 is 0. The molecule has 0 spiro atoms. The Morgan fingerprint density at radius 2 is 2.31 bits per heavy atom. The van der Waals surface area contributed by atoms with Crippen LogP contribution in [0.25, 0.3) is 17.0 Å². The van der Waals surface area contributed by atoms with E-state index in [1.807, 2.05) is 0 Å². The van der Waals surface area contributed by atoms with Crippen LogP contribution in [0, 0.1) is 5.82 Å². The molecule has 82 valence electrons. The zero-order valence-electron chi connectivity index (χ0n) is 8.51. The number of hydrogen-bond donors (Lipinski definition) is 1. The molecule has 0 atom stereocenters. The second-order valence-electron chi connectivity index (χ2n) is 3.37. The van der Waals surface area contributed by atoms with Crippen LogP contribution in [0.5, 0.6) is 0 Å². The lowest BCUT2D eigenvalue weighted by Gasteiger charge is -1.95. The van der Waals surface area contributed by atoms with Gasteiger partial charge in [-0.05, 0) is 17.7 Å². The van der Waals surface area contributed by atoms with Gasteiger partial charge in [0.1, 0.15) is 5.52 Å². The molecule has 2 aromatic rings. The second kappa shape index (κ2) is 3.77. The zero-order valence-corrected chi connectivity index (χ0v) is 8.51. The van der Waals surface area contributed by atoms with Crippen molar-refractivity contribution in [1.29, 1.82) is 0 Å². The first-order valence-electron chi connectivity index (χ1n) is 4.61. The number of hydrogen-bond acceptors (Lipinski definition) is 2. The Balaban J connectivity index is 2.62. The summed E-state index contributed by atoms with van der Waals surface area (Å²) in [4.78, 5) is 10.4. The normalized spacial score (nSPS) is 11.4. The minimum Gasteiger partial charge on any atom is -0.478 e. The number of carbonyl (C=O) groups is 1. The standard InChI is InChI=1S/C11H9FN2O2/c1-14-6-8-7(3-5-10(15)16)2-4-9(12)11(8)13-14/h2-6H,1H3,(H,15,16)/b5-3+. The van der Waals surface area contributed by atoms with Gasteiger partial charge in [-0.15, -0.1) is 0 Å². The van der Waals surface area contributed by atoms with Crippen molar-refractivity contribution < 1.29 is 14.3 Å². The maximum Gasteiger partial charge on any atom is 0.328 e. The van der Waals surface area contributed by atoms with E-state index in [-0.39, 0.29) is 5.52 Å². The molecule has 0 aliphatic rings. The van der Waals surface area contributed by atoms with Crippen LogP contribution in [0.15, 0.2) is 24.4 Å². The van der Waals surface area contributed by atoms with Crippen molar-refractivity contribution in [3.05, 3.63) is 35.8 Å². The number of rotatable bonds is 2. The molecule has 0 saturated heterocycles. The van der Waals surface area contributed by atoms with Crippen molar-refractivity contribution in [1.82, 2.24) is 9.78 Å². The SMILES string of the molecule is Cn1cc2c(/C=C/C(=O)O)ccc(F)c2n1. The van der Waals surface area contributed by atoms with Crippen molar-refractivity contribution in [3.63, 3.8) is 0 Å². The molecule has 0 saturated carbocycles. The Morgan fingerprint density at radius 1 is 1.56 bits per heavy atom. The monoisotopic (exact) mass is 220 g/mol. The van der Waals surface area contributed by atoms with Crippen LogP contribution in [0.1, 0.15) is 5.56 Å². The Bertz CT molecular complexity index is 587. The van der Waals surface area contributed by atoms with Crippen molar-refractivity contribution in [2.75, 3.05) is 0 Å². The molecule has 0 bridgehead atoms. The molecule has 1 aromatic heterocycles. The fraction of sp³-hybridized carbons (Fsp3) is 0.0909. The van der Waals surface area contributed by atoms with Crippen molar-refractivity contribution in [3.8, 4) is 0 Å². The Kier molecular flexibility index (Phi) is 2.44. The summed E-state index contributed by atoms with van der Waals surface area (Å²) in [5.41, 5.74) is 0.877. The fourth-order valence-electron chi connectivity index (χ4n) is 1.51. The Hall–Kier alpha value is -2.17. The van der Waals surface area contributed by atoms with Crippen LogP contribution in [0.3, 0.4) is 0 Å². The molecule has 5 heteroatoms. The summed E-state index contributed by atoms with van der Waals surface area (Å²) in [6, 6.07) is 2.80. The quantitative estimate of drug-likeness (QED) is 0.785. The molecule has 0 aliphatic carbocycles. The Morgan fingerprint density at radius 3 is 3.00 bits per heavy atom. The van der Waals surface area contributed by atoms with Gasteiger partial charge < -0.3 is 5.11 Å². The number of carboxylic acid groups (broad SMARTS) is 1. The topological polar surface area (TPSA) is 55.1 Å². The number of aromatic nitrogens is 2. The summed E-state index contributed by atoms with van der Waals surface area (Å²) in [7, 11) is 1.68. The van der Waals surface area contributed by atoms with Crippen LogP contribution < -0.4 is 0 Å². The van der Waals surface area contributed by atoms with E-state index in [0.29, 0.717) is 10.9 Å². The van der Waals surface area contributed by atoms with Crippen LogP contribution >= 0.6 is 0 Å². The van der Waals surface area contributed by atoms with Crippen molar-refractivity contribution in [2.45, 2.75) is 0 Å². The number of nitrogens with zero attached hydrogens (tertiary/aromatic N) is 2. The highest BCUT2D eigenvalue weighted by molar-refractivity contribution is 5.92. The molecule has 1 heterocycles. The van der Waals surface area contributed by atoms with Gasteiger partial charge in [0.25, 0.3) is 0 Å². The molecular weight excluding hydrogens is 211 g/mol. The van der Waals surface area contributed by atoms with Crippen LogP contribution in [0.2, 0.25) is 0 Å². The maximum absolute atomic E-state index is 13.4. The largest absolute Gasteiger partial charge is 0.478 e. The Labute approximate surface area is 90.6 Å². The number of aliphatic carboxylic acids is 1. The van der Waals surface area contributed by atoms with Gasteiger partial charge in [0.05, 0.1) is 0 Å². The summed E-state index contributed by atoms with van der Waals surface area (Å²) in [5.74, 6) is -1.45. The molecule has 4 nitrogen and oxygen atoms in total. The highest BCUT2D eigenvalue weighted by Crippen LogP contribution is 2.21. The molecule has 2 rings (SSSR count). The fourth-order valence-corrected chi connectivity index (χ4v) is 1.51. The van der Waals surface area contributed by atoms with E-state index in [2.05, 4.69) is 5.10 Å². The van der Waals surface area contributed by atoms with E-state index in [4.69, 9.17) is 5.11 Å². The highest BCUT2D eigenvalue weighted by atomic mass is 19.1. The van der Waals surface area contributed by atoms with E-state index >= 15 is 0 Å². The average molecular weight is 220 g/mol. The van der Waals surface area contributed by atoms with Gasteiger partial charge in [0.2, 0.25) is 0 Å². The number of halogens is 1. The molecule has 0 aliphatic heterocycles. The highest BCUT2D eigenvalue weighted by Gasteiger charge is 2.07. The summed E-state index contributed by atoms with van der Waals surface area (Å²) in [5, 5.41) is 13.1. The molecule has 1 aromatic carbocycles. The number of fused-ring (bicyclic) bond motifs is 1. The zero-order chi connectivity index (χ0) is 11.7. The van der Waals surface area contributed by atoms with Gasteiger partial charge in [-0.3, -0.25) is 4.68 Å². The van der Waals surface area contributed by atoms with E-state index in [1.54, 1.807) is 13.2 Å². The third-order valence-electron chi connectivity index (χ3n) is 2.18. The smallest absolute Gasteiger partial charge is 0.328 e. The van der Waals surface area contributed by atoms with Crippen LogP contribution in [0.4, 0.5) is 4.39 Å². The first kappa shape index (κ1) is 10.4. The third-order valence-corrected chi connectivity index (χ3v) is 2.18. The minimum absolute atomic E-state index is 0.245. The van der Waals surface area contributed by atoms with Gasteiger partial charge >= 0.3 is 5.97 Å². The number of aryl methyl sites for hydroxylation is 1. The van der Waals surface area contributed by atoms with Gasteiger partial charge in [-0.1, -0.05) is 6.07 Å². The lowest BCUT2D eigenvalue weighted by atomic mass is 10.1. The predicted molar refractivity (Wildman–Crippen MR) is 57.3 cm³/mol. The van der Waals surface area contributed by atoms with Gasteiger partial charge in [-0.25, -0.2) is 9.18 Å². The summed E-state index contributed by atoms with van der Waals surface area (Å²) < 4.78 is 14.9. The average Bonchev–Trinajstić information content (AvgIpc) is 2.59. The minimum atomic E-state index is -1.04. The van der Waals surface area contributed by atoms with Crippen molar-refractivity contribution in [2.24, 2.45) is 7.05 Å².